The smallest absolute Gasteiger partial charge is 0.246 e. The molecule has 2 aliphatic rings. The number of piperidine rings is 1. The average molecular weight is 478 g/mol. The molecule has 3 heterocycles. The highest BCUT2D eigenvalue weighted by atomic mass is 35.5. The van der Waals surface area contributed by atoms with Gasteiger partial charge in [0.25, 0.3) is 0 Å². The monoisotopic (exact) mass is 477 g/mol. The summed E-state index contributed by atoms with van der Waals surface area (Å²) in [7, 11) is -2.06. The molecule has 2 saturated heterocycles. The van der Waals surface area contributed by atoms with Gasteiger partial charge in [0, 0.05) is 37.8 Å². The van der Waals surface area contributed by atoms with Gasteiger partial charge in [0.15, 0.2) is 0 Å². The molecule has 1 unspecified atom stereocenters. The van der Waals surface area contributed by atoms with Crippen molar-refractivity contribution in [1.82, 2.24) is 14.2 Å². The van der Waals surface area contributed by atoms with E-state index in [-0.39, 0.29) is 27.9 Å². The first kappa shape index (κ1) is 23.0. The number of hydrogen-bond donors (Lipinski definition) is 0. The molecule has 0 N–H and O–H groups in total. The van der Waals surface area contributed by atoms with Crippen molar-refractivity contribution in [2.75, 3.05) is 26.7 Å². The fraction of sp³-hybridized carbons (Fsp3) is 0.478. The molecule has 0 radical (unpaired) electrons. The zero-order chi connectivity index (χ0) is 22.7. The van der Waals surface area contributed by atoms with E-state index in [4.69, 9.17) is 16.3 Å². The van der Waals surface area contributed by atoms with Crippen LogP contribution in [-0.2, 0) is 21.2 Å². The lowest BCUT2D eigenvalue weighted by Crippen LogP contribution is -2.46. The predicted molar refractivity (Wildman–Crippen MR) is 122 cm³/mol. The summed E-state index contributed by atoms with van der Waals surface area (Å²) in [6.07, 6.45) is 5.26. The average Bonchev–Trinajstić information content (AvgIpc) is 3.27. The second kappa shape index (κ2) is 9.77. The molecule has 0 aliphatic carbocycles. The van der Waals surface area contributed by atoms with E-state index in [9.17, 15) is 13.2 Å². The van der Waals surface area contributed by atoms with Crippen LogP contribution in [0, 0.1) is 5.92 Å². The Hall–Kier alpha value is -2.16. The maximum Gasteiger partial charge on any atom is 0.246 e. The third-order valence-electron chi connectivity index (χ3n) is 6.41. The fourth-order valence-electron chi connectivity index (χ4n) is 4.69. The minimum Gasteiger partial charge on any atom is -0.497 e. The van der Waals surface area contributed by atoms with Crippen molar-refractivity contribution in [3.05, 3.63) is 53.3 Å². The van der Waals surface area contributed by atoms with Crippen LogP contribution in [0.25, 0.3) is 0 Å². The first-order valence-electron chi connectivity index (χ1n) is 10.9. The highest BCUT2D eigenvalue weighted by molar-refractivity contribution is 7.89. The van der Waals surface area contributed by atoms with Crippen molar-refractivity contribution in [3.8, 4) is 5.75 Å². The Morgan fingerprint density at radius 1 is 1.16 bits per heavy atom. The molecule has 1 atom stereocenters. The van der Waals surface area contributed by atoms with Gasteiger partial charge in [0.2, 0.25) is 15.9 Å². The number of pyridine rings is 1. The number of benzene rings is 1. The zero-order valence-electron chi connectivity index (χ0n) is 18.1. The molecule has 4 rings (SSSR count). The fourth-order valence-corrected chi connectivity index (χ4v) is 6.59. The van der Waals surface area contributed by atoms with Gasteiger partial charge in [-0.05, 0) is 61.9 Å². The largest absolute Gasteiger partial charge is 0.497 e. The van der Waals surface area contributed by atoms with Crippen LogP contribution in [-0.4, -0.2) is 61.3 Å². The number of aromatic nitrogens is 1. The van der Waals surface area contributed by atoms with Crippen molar-refractivity contribution >= 4 is 27.5 Å². The van der Waals surface area contributed by atoms with Gasteiger partial charge in [-0.1, -0.05) is 23.7 Å². The van der Waals surface area contributed by atoms with Gasteiger partial charge in [-0.15, -0.1) is 0 Å². The van der Waals surface area contributed by atoms with Crippen LogP contribution in [0.3, 0.4) is 0 Å². The highest BCUT2D eigenvalue weighted by Gasteiger charge is 2.37. The predicted octanol–water partition coefficient (Wildman–Crippen LogP) is 3.38. The topological polar surface area (TPSA) is 79.8 Å². The Bertz CT molecular complexity index is 1070. The van der Waals surface area contributed by atoms with E-state index in [0.717, 1.165) is 37.1 Å². The van der Waals surface area contributed by atoms with Gasteiger partial charge < -0.3 is 9.64 Å². The van der Waals surface area contributed by atoms with Crippen LogP contribution in [0.15, 0.2) is 47.5 Å². The Kier molecular flexibility index (Phi) is 7.02. The van der Waals surface area contributed by atoms with E-state index in [1.54, 1.807) is 13.2 Å². The van der Waals surface area contributed by atoms with Crippen molar-refractivity contribution < 1.29 is 17.9 Å². The molecular weight excluding hydrogens is 450 g/mol. The standard InChI is InChI=1S/C23H28ClN3O4S/c1-31-20-7-2-5-17(16-20)15-19-6-4-12-27(19)23(28)18-9-13-26(14-10-18)32(29,30)21-8-3-11-25-22(21)24/h2-3,5,7-8,11,16,18-19H,4,6,9-10,12-15H2,1H3. The second-order valence-electron chi connectivity index (χ2n) is 8.35. The minimum atomic E-state index is -3.72. The van der Waals surface area contributed by atoms with E-state index in [0.29, 0.717) is 25.9 Å². The molecule has 2 aromatic rings. The van der Waals surface area contributed by atoms with Crippen LogP contribution in [0.5, 0.6) is 5.75 Å². The summed E-state index contributed by atoms with van der Waals surface area (Å²) in [5, 5.41) is -0.0249. The lowest BCUT2D eigenvalue weighted by molar-refractivity contribution is -0.137. The molecule has 0 bridgehead atoms. The van der Waals surface area contributed by atoms with Gasteiger partial charge in [-0.3, -0.25) is 4.79 Å². The van der Waals surface area contributed by atoms with Crippen LogP contribution in [0.4, 0.5) is 0 Å². The maximum atomic E-state index is 13.3. The number of carbonyl (C=O) groups excluding carboxylic acids is 1. The van der Waals surface area contributed by atoms with Crippen LogP contribution in [0.1, 0.15) is 31.2 Å². The molecule has 172 valence electrons. The minimum absolute atomic E-state index is 0.0179. The maximum absolute atomic E-state index is 13.3. The van der Waals surface area contributed by atoms with Crippen molar-refractivity contribution in [2.24, 2.45) is 5.92 Å². The van der Waals surface area contributed by atoms with Crippen LogP contribution < -0.4 is 4.74 Å². The molecule has 1 aromatic carbocycles. The van der Waals surface area contributed by atoms with Gasteiger partial charge in [-0.2, -0.15) is 4.31 Å². The number of amides is 1. The quantitative estimate of drug-likeness (QED) is 0.596. The summed E-state index contributed by atoms with van der Waals surface area (Å²) in [6, 6.07) is 11.2. The SMILES string of the molecule is COc1cccc(CC2CCCN2C(=O)C2CCN(S(=O)(=O)c3cccnc3Cl)CC2)c1. The number of ether oxygens (including phenoxy) is 1. The van der Waals surface area contributed by atoms with Crippen molar-refractivity contribution in [3.63, 3.8) is 0 Å². The first-order valence-corrected chi connectivity index (χ1v) is 12.8. The van der Waals surface area contributed by atoms with Crippen molar-refractivity contribution in [1.29, 1.82) is 0 Å². The molecule has 2 aliphatic heterocycles. The molecule has 0 saturated carbocycles. The lowest BCUT2D eigenvalue weighted by atomic mass is 9.95. The molecule has 2 fully saturated rings. The van der Waals surface area contributed by atoms with Crippen LogP contribution >= 0.6 is 11.6 Å². The van der Waals surface area contributed by atoms with Crippen molar-refractivity contribution in [2.45, 2.75) is 43.0 Å². The zero-order valence-corrected chi connectivity index (χ0v) is 19.7. The first-order chi connectivity index (χ1) is 15.4. The van der Waals surface area contributed by atoms with Gasteiger partial charge >= 0.3 is 0 Å². The molecule has 0 spiro atoms. The van der Waals surface area contributed by atoms with Crippen LogP contribution in [0.2, 0.25) is 5.15 Å². The summed E-state index contributed by atoms with van der Waals surface area (Å²) >= 11 is 6.01. The number of nitrogens with zero attached hydrogens (tertiary/aromatic N) is 3. The summed E-state index contributed by atoms with van der Waals surface area (Å²) in [6.45, 7) is 1.37. The van der Waals surface area contributed by atoms with E-state index < -0.39 is 10.0 Å². The molecule has 7 nitrogen and oxygen atoms in total. The van der Waals surface area contributed by atoms with E-state index in [1.807, 2.05) is 23.1 Å². The highest BCUT2D eigenvalue weighted by Crippen LogP contribution is 2.30. The summed E-state index contributed by atoms with van der Waals surface area (Å²) in [5.74, 6) is 0.809. The number of hydrogen-bond acceptors (Lipinski definition) is 5. The molecule has 1 amide bonds. The third kappa shape index (κ3) is 4.77. The number of methoxy groups -OCH3 is 1. The molecule has 1 aromatic heterocycles. The molecule has 9 heteroatoms. The Morgan fingerprint density at radius 3 is 2.66 bits per heavy atom. The van der Waals surface area contributed by atoms with Gasteiger partial charge in [0.1, 0.15) is 15.8 Å². The van der Waals surface area contributed by atoms with Gasteiger partial charge in [-0.25, -0.2) is 13.4 Å². The Labute approximate surface area is 194 Å². The Morgan fingerprint density at radius 2 is 1.94 bits per heavy atom. The van der Waals surface area contributed by atoms with E-state index in [2.05, 4.69) is 11.1 Å². The number of sulfonamides is 1. The van der Waals surface area contributed by atoms with E-state index in [1.165, 1.54) is 16.6 Å². The number of rotatable bonds is 6. The summed E-state index contributed by atoms with van der Waals surface area (Å²) in [4.78, 5) is 19.2. The number of halogens is 1. The second-order valence-corrected chi connectivity index (χ2v) is 10.6. The number of carbonyl (C=O) groups is 1. The van der Waals surface area contributed by atoms with Gasteiger partial charge in [0.05, 0.1) is 7.11 Å². The molecule has 32 heavy (non-hydrogen) atoms. The lowest BCUT2D eigenvalue weighted by Gasteiger charge is -2.34. The Balaban J connectivity index is 1.39. The normalized spacial score (nSPS) is 20.4. The van der Waals surface area contributed by atoms with E-state index >= 15 is 0 Å². The number of likely N-dealkylation sites (tertiary alicyclic amines) is 1. The third-order valence-corrected chi connectivity index (χ3v) is 8.76. The molecular formula is C23H28ClN3O4S. The summed E-state index contributed by atoms with van der Waals surface area (Å²) in [5.41, 5.74) is 1.16. The summed E-state index contributed by atoms with van der Waals surface area (Å²) < 4.78 is 32.6.